The quantitative estimate of drug-likeness (QED) is 0.0646. The van der Waals surface area contributed by atoms with Crippen molar-refractivity contribution >= 4 is 46.9 Å². The van der Waals surface area contributed by atoms with Gasteiger partial charge in [0.1, 0.15) is 29.9 Å². The minimum Gasteiger partial charge on any atom is -0.491 e. The number of benzene rings is 6. The number of imide groups is 1. The second-order valence-corrected chi connectivity index (χ2v) is 18.5. The minimum absolute atomic E-state index is 0.0212. The number of carbonyl (C=O) groups excluding carboxylic acids is 5. The number of fused-ring (bicyclic) bond motifs is 3. The fraction of sp³-hybridized carbons (Fsp3) is 0.259. The highest BCUT2D eigenvalue weighted by Crippen LogP contribution is 2.66. The van der Waals surface area contributed by atoms with Gasteiger partial charge in [-0.25, -0.2) is 14.5 Å². The van der Waals surface area contributed by atoms with Crippen LogP contribution in [0.5, 0.6) is 5.75 Å². The van der Waals surface area contributed by atoms with Gasteiger partial charge < -0.3 is 45.9 Å². The van der Waals surface area contributed by atoms with Gasteiger partial charge in [-0.05, 0) is 89.3 Å². The van der Waals surface area contributed by atoms with Crippen molar-refractivity contribution in [3.05, 3.63) is 191 Å². The van der Waals surface area contributed by atoms with Gasteiger partial charge in [0, 0.05) is 30.0 Å². The van der Waals surface area contributed by atoms with Gasteiger partial charge in [0.2, 0.25) is 11.8 Å². The topological polar surface area (TPSA) is 205 Å². The summed E-state index contributed by atoms with van der Waals surface area (Å²) < 4.78 is 18.1. The van der Waals surface area contributed by atoms with Crippen LogP contribution in [0.1, 0.15) is 64.5 Å². The molecule has 16 heteroatoms. The lowest BCUT2D eigenvalue weighted by Gasteiger charge is -2.46. The molecule has 0 saturated carbocycles. The third-order valence-corrected chi connectivity index (χ3v) is 14.2. The molecule has 6 aromatic carbocycles. The number of nitrogens with zero attached hydrogens (tertiary/aromatic N) is 3. The highest BCUT2D eigenvalue weighted by molar-refractivity contribution is 6.25. The van der Waals surface area contributed by atoms with Gasteiger partial charge in [0.25, 0.3) is 0 Å². The summed E-state index contributed by atoms with van der Waals surface area (Å²) in [7, 11) is 0. The Labute approximate surface area is 428 Å². The van der Waals surface area contributed by atoms with Crippen molar-refractivity contribution in [1.29, 1.82) is 0 Å². The summed E-state index contributed by atoms with van der Waals surface area (Å²) >= 11 is 0. The Bertz CT molecular complexity index is 3090. The first-order chi connectivity index (χ1) is 36.1. The largest absolute Gasteiger partial charge is 0.491 e. The van der Waals surface area contributed by atoms with Gasteiger partial charge in [0.05, 0.1) is 56.1 Å². The fourth-order valence-electron chi connectivity index (χ4n) is 11.0. The molecule has 6 aromatic rings. The molecule has 0 radical (unpaired) electrons. The molecule has 7 atom stereocenters. The number of esters is 1. The molecule has 4 heterocycles. The SMILES string of the molecule is C[C@H](NC(=O)N1C(=O)C2(c3cc(C#CCNC(N)=O)ccc31)[C@H](c1ccc(OCCO)cc1)N1C(C(=O)O[C@@H](c3ccccc3)[C@H]1c1ccccc1)[C@@H]2C(=O)Nc1ccc(N2CCOCC2)cc1)c1ccccc1. The molecular weight excluding hydrogens is 939 g/mol. The van der Waals surface area contributed by atoms with Crippen LogP contribution in [0.4, 0.5) is 26.7 Å². The first kappa shape index (κ1) is 49.1. The normalized spacial score (nSPS) is 22.4. The van der Waals surface area contributed by atoms with Crippen molar-refractivity contribution < 1.29 is 43.3 Å². The van der Waals surface area contributed by atoms with Gasteiger partial charge in [0.15, 0.2) is 0 Å². The number of cyclic esters (lactones) is 1. The fourth-order valence-corrected chi connectivity index (χ4v) is 11.0. The maximum atomic E-state index is 16.8. The second-order valence-electron chi connectivity index (χ2n) is 18.5. The van der Waals surface area contributed by atoms with E-state index in [0.29, 0.717) is 54.4 Å². The van der Waals surface area contributed by atoms with Crippen molar-refractivity contribution in [2.24, 2.45) is 11.7 Å². The standard InChI is InChI=1S/C58H55N7O9/c1-37(39-13-5-2-6-14-39)61-57(71)64-47-28-19-38(12-11-29-60-56(59)70)36-46(47)58(55(64)69)48(53(67)62-43-22-24-44(25-23-43)63-30-33-72-34-31-63)50-54(68)74-51(41-17-9-4-10-18-41)49(40-15-7-3-8-16-40)65(50)52(58)42-20-26-45(27-21-42)73-35-32-66/h2-10,13-28,36-37,48-52,66H,29-35H2,1H3,(H,61,71)(H,62,67)(H3,59,60,70)/t37-,48+,49+,50?,51-,52-,58?/m0/s1. The van der Waals surface area contributed by atoms with Crippen LogP contribution < -0.4 is 36.2 Å². The predicted octanol–water partition coefficient (Wildman–Crippen LogP) is 6.69. The molecule has 3 saturated heterocycles. The van der Waals surface area contributed by atoms with Crippen LogP contribution in [0.25, 0.3) is 0 Å². The van der Waals surface area contributed by atoms with Gasteiger partial charge in [-0.15, -0.1) is 0 Å². The van der Waals surface area contributed by atoms with E-state index >= 15 is 19.2 Å². The lowest BCUT2D eigenvalue weighted by Crippen LogP contribution is -2.55. The monoisotopic (exact) mass is 993 g/mol. The van der Waals surface area contributed by atoms with Crippen molar-refractivity contribution in [2.75, 3.05) is 61.2 Å². The Morgan fingerprint density at radius 2 is 1.47 bits per heavy atom. The lowest BCUT2D eigenvalue weighted by molar-refractivity contribution is -0.177. The van der Waals surface area contributed by atoms with E-state index in [1.165, 1.54) is 0 Å². The van der Waals surface area contributed by atoms with Crippen molar-refractivity contribution in [1.82, 2.24) is 15.5 Å². The van der Waals surface area contributed by atoms with Gasteiger partial charge in [-0.2, -0.15) is 0 Å². The zero-order valence-corrected chi connectivity index (χ0v) is 40.6. The molecular formula is C58H55N7O9. The maximum absolute atomic E-state index is 16.8. The van der Waals surface area contributed by atoms with E-state index in [0.717, 1.165) is 21.7 Å². The van der Waals surface area contributed by atoms with Crippen LogP contribution >= 0.6 is 0 Å². The molecule has 376 valence electrons. The van der Waals surface area contributed by atoms with E-state index in [-0.39, 0.29) is 31.0 Å². The van der Waals surface area contributed by atoms with Crippen molar-refractivity contribution in [3.63, 3.8) is 0 Å². The minimum atomic E-state index is -2.08. The highest BCUT2D eigenvalue weighted by atomic mass is 16.6. The number of aliphatic hydroxyl groups excluding tert-OH is 1. The Morgan fingerprint density at radius 3 is 2.14 bits per heavy atom. The molecule has 4 aliphatic heterocycles. The number of aliphatic hydroxyl groups is 1. The third-order valence-electron chi connectivity index (χ3n) is 14.2. The number of nitrogens with one attached hydrogen (secondary N) is 3. The number of urea groups is 2. The first-order valence-corrected chi connectivity index (χ1v) is 24.6. The molecule has 1 spiro atoms. The van der Waals surface area contributed by atoms with Crippen molar-refractivity contribution in [2.45, 2.75) is 42.6 Å². The van der Waals surface area contributed by atoms with Crippen LogP contribution in [0, 0.1) is 17.8 Å². The average molecular weight is 994 g/mol. The van der Waals surface area contributed by atoms with Crippen molar-refractivity contribution in [3.8, 4) is 17.6 Å². The smallest absolute Gasteiger partial charge is 0.329 e. The zero-order chi connectivity index (χ0) is 51.3. The van der Waals surface area contributed by atoms with E-state index in [1.54, 1.807) is 54.6 Å². The second kappa shape index (κ2) is 21.3. The Balaban J connectivity index is 1.22. The number of nitrogens with two attached hydrogens (primary N) is 1. The predicted molar refractivity (Wildman–Crippen MR) is 277 cm³/mol. The molecule has 74 heavy (non-hydrogen) atoms. The van der Waals surface area contributed by atoms with Gasteiger partial charge in [-0.1, -0.05) is 115 Å². The molecule has 10 rings (SSSR count). The molecule has 0 bridgehead atoms. The Hall–Kier alpha value is -8.49. The number of ether oxygens (including phenoxy) is 3. The van der Waals surface area contributed by atoms with Crippen LogP contribution in [-0.4, -0.2) is 92.0 Å². The molecule has 16 nitrogen and oxygen atoms in total. The molecule has 0 aliphatic carbocycles. The van der Waals surface area contributed by atoms with Crippen LogP contribution in [0.15, 0.2) is 158 Å². The maximum Gasteiger partial charge on any atom is 0.329 e. The van der Waals surface area contributed by atoms with E-state index in [4.69, 9.17) is 19.9 Å². The lowest BCUT2D eigenvalue weighted by atomic mass is 9.65. The number of hydrogen-bond acceptors (Lipinski definition) is 11. The first-order valence-electron chi connectivity index (χ1n) is 24.6. The van der Waals surface area contributed by atoms with Crippen LogP contribution in [0.3, 0.4) is 0 Å². The van der Waals surface area contributed by atoms with Gasteiger partial charge in [-0.3, -0.25) is 19.3 Å². The summed E-state index contributed by atoms with van der Waals surface area (Å²) in [6.45, 7) is 4.07. The molecule has 2 unspecified atom stereocenters. The van der Waals surface area contributed by atoms with Crippen LogP contribution in [0.2, 0.25) is 0 Å². The van der Waals surface area contributed by atoms with E-state index in [1.807, 2.05) is 115 Å². The molecule has 6 N–H and O–H groups in total. The number of anilines is 3. The molecule has 0 aromatic heterocycles. The number of morpholine rings is 2. The number of rotatable bonds is 12. The van der Waals surface area contributed by atoms with E-state index in [9.17, 15) is 9.90 Å². The summed E-state index contributed by atoms with van der Waals surface area (Å²) in [5, 5.41) is 18.3. The summed E-state index contributed by atoms with van der Waals surface area (Å²) in [6, 6.07) is 42.0. The Kier molecular flexibility index (Phi) is 14.1. The summed E-state index contributed by atoms with van der Waals surface area (Å²) in [6.07, 6.45) is -0.944. The summed E-state index contributed by atoms with van der Waals surface area (Å²) in [5.74, 6) is 2.66. The van der Waals surface area contributed by atoms with Gasteiger partial charge >= 0.3 is 18.0 Å². The Morgan fingerprint density at radius 1 is 0.811 bits per heavy atom. The van der Waals surface area contributed by atoms with E-state index in [2.05, 4.69) is 32.7 Å². The number of primary amides is 1. The zero-order valence-electron chi connectivity index (χ0n) is 40.6. The third kappa shape index (κ3) is 9.28. The average Bonchev–Trinajstić information content (AvgIpc) is 3.97. The molecule has 4 aliphatic rings. The molecule has 6 amide bonds. The van der Waals surface area contributed by atoms with E-state index < -0.39 is 71.5 Å². The number of carbonyl (C=O) groups is 5. The number of amides is 6. The number of hydrogen-bond donors (Lipinski definition) is 5. The summed E-state index contributed by atoms with van der Waals surface area (Å²) in [5.41, 5.74) is 8.17. The molecule has 3 fully saturated rings. The highest BCUT2D eigenvalue weighted by Gasteiger charge is 2.75. The van der Waals surface area contributed by atoms with Crippen LogP contribution in [-0.2, 0) is 29.3 Å². The summed E-state index contributed by atoms with van der Waals surface area (Å²) in [4.78, 5) is 80.5.